The summed E-state index contributed by atoms with van der Waals surface area (Å²) in [4.78, 5) is 16.1. The molecule has 0 aromatic heterocycles. The molecular weight excluding hydrogens is 276 g/mol. The van der Waals surface area contributed by atoms with E-state index in [-0.39, 0.29) is 12.0 Å². The van der Waals surface area contributed by atoms with Gasteiger partial charge in [-0.25, -0.2) is 0 Å². The quantitative estimate of drug-likeness (QED) is 0.852. The molecule has 0 spiro atoms. The largest absolute Gasteiger partial charge is 0.375 e. The Kier molecular flexibility index (Phi) is 5.40. The molecule has 110 valence electrons. The van der Waals surface area contributed by atoms with Gasteiger partial charge in [0.05, 0.1) is 19.3 Å². The van der Waals surface area contributed by atoms with Gasteiger partial charge in [-0.05, 0) is 25.6 Å². The van der Waals surface area contributed by atoms with Gasteiger partial charge >= 0.3 is 0 Å². The van der Waals surface area contributed by atoms with Gasteiger partial charge in [0.1, 0.15) is 0 Å². The van der Waals surface area contributed by atoms with Gasteiger partial charge in [-0.15, -0.1) is 0 Å². The highest BCUT2D eigenvalue weighted by Gasteiger charge is 2.22. The topological polar surface area (TPSA) is 32.8 Å². The highest BCUT2D eigenvalue weighted by Crippen LogP contribution is 2.16. The third kappa shape index (κ3) is 4.20. The van der Waals surface area contributed by atoms with Crippen molar-refractivity contribution in [3.63, 3.8) is 0 Å². The Morgan fingerprint density at radius 2 is 2.25 bits per heavy atom. The Bertz CT molecular complexity index is 467. The lowest BCUT2D eigenvalue weighted by Gasteiger charge is -2.32. The van der Waals surface area contributed by atoms with Crippen LogP contribution in [0.15, 0.2) is 24.3 Å². The van der Waals surface area contributed by atoms with E-state index in [9.17, 15) is 4.79 Å². The number of rotatable bonds is 4. The van der Waals surface area contributed by atoms with Crippen molar-refractivity contribution in [3.8, 4) is 0 Å². The number of nitrogens with zero attached hydrogens (tertiary/aromatic N) is 2. The number of likely N-dealkylation sites (N-methyl/N-ethyl adjacent to an activating group) is 1. The summed E-state index contributed by atoms with van der Waals surface area (Å²) in [6.07, 6.45) is 0.126. The Hall–Kier alpha value is -1.10. The molecule has 1 amide bonds. The van der Waals surface area contributed by atoms with Gasteiger partial charge < -0.3 is 9.64 Å². The van der Waals surface area contributed by atoms with Crippen LogP contribution in [-0.4, -0.2) is 55.1 Å². The van der Waals surface area contributed by atoms with E-state index in [2.05, 4.69) is 0 Å². The summed E-state index contributed by atoms with van der Waals surface area (Å²) in [7, 11) is 1.94. The van der Waals surface area contributed by atoms with Gasteiger partial charge in [0, 0.05) is 24.7 Å². The monoisotopic (exact) mass is 296 g/mol. The fourth-order valence-corrected chi connectivity index (χ4v) is 2.54. The summed E-state index contributed by atoms with van der Waals surface area (Å²) in [5.74, 6) is 0.148. The van der Waals surface area contributed by atoms with Crippen molar-refractivity contribution in [3.05, 3.63) is 34.9 Å². The van der Waals surface area contributed by atoms with Crippen molar-refractivity contribution < 1.29 is 9.53 Å². The summed E-state index contributed by atoms with van der Waals surface area (Å²) in [5, 5.41) is 0.742. The zero-order valence-electron chi connectivity index (χ0n) is 12.0. The second-order valence-electron chi connectivity index (χ2n) is 5.28. The maximum atomic E-state index is 12.2. The highest BCUT2D eigenvalue weighted by molar-refractivity contribution is 6.31. The first-order valence-corrected chi connectivity index (χ1v) is 7.25. The summed E-state index contributed by atoms with van der Waals surface area (Å²) in [5.41, 5.74) is 1.04. The van der Waals surface area contributed by atoms with E-state index in [1.165, 1.54) is 0 Å². The van der Waals surface area contributed by atoms with Gasteiger partial charge in [0.2, 0.25) is 5.91 Å². The Labute approximate surface area is 125 Å². The lowest BCUT2D eigenvalue weighted by atomic mass is 10.2. The van der Waals surface area contributed by atoms with Crippen molar-refractivity contribution in [2.75, 3.05) is 33.3 Å². The van der Waals surface area contributed by atoms with Gasteiger partial charge in [-0.3, -0.25) is 9.69 Å². The van der Waals surface area contributed by atoms with E-state index in [1.54, 1.807) is 0 Å². The van der Waals surface area contributed by atoms with Crippen LogP contribution in [0.1, 0.15) is 12.5 Å². The molecular formula is C15H21ClN2O2. The summed E-state index contributed by atoms with van der Waals surface area (Å²) in [6, 6.07) is 7.73. The Balaban J connectivity index is 1.86. The molecule has 4 nitrogen and oxygen atoms in total. The van der Waals surface area contributed by atoms with Crippen LogP contribution in [0.3, 0.4) is 0 Å². The molecule has 1 aromatic rings. The van der Waals surface area contributed by atoms with Crippen LogP contribution in [0, 0.1) is 0 Å². The average molecular weight is 297 g/mol. The summed E-state index contributed by atoms with van der Waals surface area (Å²) < 4.78 is 5.45. The van der Waals surface area contributed by atoms with Crippen molar-refractivity contribution in [1.82, 2.24) is 9.80 Å². The van der Waals surface area contributed by atoms with Crippen LogP contribution in [0.4, 0.5) is 0 Å². The molecule has 1 fully saturated rings. The zero-order chi connectivity index (χ0) is 14.5. The molecule has 1 aliphatic rings. The predicted molar refractivity (Wildman–Crippen MR) is 79.8 cm³/mol. The highest BCUT2D eigenvalue weighted by atomic mass is 35.5. The minimum atomic E-state index is 0.126. The normalized spacial score (nSPS) is 19.4. The minimum absolute atomic E-state index is 0.126. The molecule has 1 aliphatic heterocycles. The molecule has 1 heterocycles. The minimum Gasteiger partial charge on any atom is -0.375 e. The van der Waals surface area contributed by atoms with Gasteiger partial charge in [0.15, 0.2) is 0 Å². The average Bonchev–Trinajstić information content (AvgIpc) is 2.41. The van der Waals surface area contributed by atoms with Crippen LogP contribution in [0.5, 0.6) is 0 Å². The van der Waals surface area contributed by atoms with Crippen molar-refractivity contribution >= 4 is 17.5 Å². The lowest BCUT2D eigenvalue weighted by molar-refractivity contribution is -0.139. The number of carbonyl (C=O) groups is 1. The smallest absolute Gasteiger partial charge is 0.236 e. The Morgan fingerprint density at radius 1 is 1.50 bits per heavy atom. The van der Waals surface area contributed by atoms with Gasteiger partial charge in [-0.1, -0.05) is 29.8 Å². The maximum absolute atomic E-state index is 12.2. The van der Waals surface area contributed by atoms with E-state index < -0.39 is 0 Å². The van der Waals surface area contributed by atoms with E-state index >= 15 is 0 Å². The number of hydrogen-bond donors (Lipinski definition) is 0. The molecule has 1 atom stereocenters. The van der Waals surface area contributed by atoms with E-state index in [4.69, 9.17) is 16.3 Å². The number of morpholine rings is 1. The maximum Gasteiger partial charge on any atom is 0.236 e. The number of ether oxygens (including phenoxy) is 1. The van der Waals surface area contributed by atoms with E-state index in [0.29, 0.717) is 32.8 Å². The molecule has 1 aromatic carbocycles. The predicted octanol–water partition coefficient (Wildman–Crippen LogP) is 2.02. The van der Waals surface area contributed by atoms with E-state index in [0.717, 1.165) is 10.6 Å². The fourth-order valence-electron chi connectivity index (χ4n) is 2.35. The van der Waals surface area contributed by atoms with Crippen molar-refractivity contribution in [2.24, 2.45) is 0 Å². The summed E-state index contributed by atoms with van der Waals surface area (Å²) >= 11 is 6.13. The van der Waals surface area contributed by atoms with Crippen LogP contribution >= 0.6 is 11.6 Å². The molecule has 0 unspecified atom stereocenters. The molecule has 0 aliphatic carbocycles. The van der Waals surface area contributed by atoms with Gasteiger partial charge in [-0.2, -0.15) is 0 Å². The molecule has 0 N–H and O–H groups in total. The van der Waals surface area contributed by atoms with Gasteiger partial charge in [0.25, 0.3) is 0 Å². The molecule has 20 heavy (non-hydrogen) atoms. The van der Waals surface area contributed by atoms with Crippen LogP contribution in [-0.2, 0) is 16.1 Å². The van der Waals surface area contributed by atoms with Crippen molar-refractivity contribution in [2.45, 2.75) is 19.6 Å². The fraction of sp³-hybridized carbons (Fsp3) is 0.533. The third-order valence-electron chi connectivity index (χ3n) is 3.40. The van der Waals surface area contributed by atoms with E-state index in [1.807, 2.05) is 48.0 Å². The zero-order valence-corrected chi connectivity index (χ0v) is 12.8. The van der Waals surface area contributed by atoms with Crippen molar-refractivity contribution in [1.29, 1.82) is 0 Å². The van der Waals surface area contributed by atoms with Crippen LogP contribution in [0.2, 0.25) is 5.02 Å². The van der Waals surface area contributed by atoms with Crippen LogP contribution < -0.4 is 0 Å². The second-order valence-corrected chi connectivity index (χ2v) is 5.69. The molecule has 2 rings (SSSR count). The second kappa shape index (κ2) is 7.07. The number of carbonyl (C=O) groups excluding carboxylic acids is 1. The van der Waals surface area contributed by atoms with Crippen LogP contribution in [0.25, 0.3) is 0 Å². The lowest BCUT2D eigenvalue weighted by Crippen LogP contribution is -2.47. The molecule has 0 bridgehead atoms. The molecule has 0 saturated carbocycles. The number of amides is 1. The standard InChI is InChI=1S/C15H21ClN2O2/c1-12-9-18(7-8-20-12)15(19)11-17(2)10-13-5-3-4-6-14(13)16/h3-6,12H,7-11H2,1-2H3/t12-/m0/s1. The number of halogens is 1. The molecule has 5 heteroatoms. The number of hydrogen-bond acceptors (Lipinski definition) is 3. The number of benzene rings is 1. The Morgan fingerprint density at radius 3 is 2.95 bits per heavy atom. The summed E-state index contributed by atoms with van der Waals surface area (Å²) in [6.45, 7) is 5.05. The third-order valence-corrected chi connectivity index (χ3v) is 3.77. The first-order valence-electron chi connectivity index (χ1n) is 6.87. The first-order chi connectivity index (χ1) is 9.56. The molecule has 0 radical (unpaired) electrons. The molecule has 1 saturated heterocycles. The first kappa shape index (κ1) is 15.3. The SMILES string of the molecule is C[C@H]1CN(C(=O)CN(C)Cc2ccccc2Cl)CCO1.